The maximum absolute atomic E-state index is 5.13. The lowest BCUT2D eigenvalue weighted by Gasteiger charge is -1.99. The molecule has 2 rings (SSSR count). The van der Waals surface area contributed by atoms with E-state index in [-0.39, 0.29) is 0 Å². The highest BCUT2D eigenvalue weighted by Gasteiger charge is 1.92. The Morgan fingerprint density at radius 3 is 2.56 bits per heavy atom. The minimum Gasteiger partial charge on any atom is -0.497 e. The van der Waals surface area contributed by atoms with Crippen LogP contribution < -0.4 is 4.74 Å². The van der Waals surface area contributed by atoms with Crippen LogP contribution in [0.2, 0.25) is 0 Å². The van der Waals surface area contributed by atoms with Gasteiger partial charge in [-0.1, -0.05) is 36.4 Å². The van der Waals surface area contributed by atoms with Gasteiger partial charge in [-0.15, -0.1) is 0 Å². The molecular formula is C16H15IO. The highest BCUT2D eigenvalue weighted by Crippen LogP contribution is 2.13. The molecule has 2 heteroatoms. The lowest BCUT2D eigenvalue weighted by molar-refractivity contribution is 0.415. The van der Waals surface area contributed by atoms with Gasteiger partial charge in [-0.3, -0.25) is 0 Å². The summed E-state index contributed by atoms with van der Waals surface area (Å²) in [6, 6.07) is 16.6. The van der Waals surface area contributed by atoms with Gasteiger partial charge in [0.2, 0.25) is 0 Å². The van der Waals surface area contributed by atoms with Crippen LogP contribution in [-0.4, -0.2) is 7.11 Å². The first-order valence-corrected chi connectivity index (χ1v) is 6.91. The zero-order valence-corrected chi connectivity index (χ0v) is 12.4. The Balaban J connectivity index is 1.98. The van der Waals surface area contributed by atoms with Crippen LogP contribution in [-0.2, 0) is 6.42 Å². The second-order valence-corrected chi connectivity index (χ2v) is 5.26. The first kappa shape index (κ1) is 13.1. The van der Waals surface area contributed by atoms with Crippen molar-refractivity contribution in [2.45, 2.75) is 6.42 Å². The van der Waals surface area contributed by atoms with Crippen molar-refractivity contribution in [2.24, 2.45) is 0 Å². The molecule has 0 radical (unpaired) electrons. The second kappa shape index (κ2) is 6.59. The van der Waals surface area contributed by atoms with Gasteiger partial charge in [-0.2, -0.15) is 0 Å². The van der Waals surface area contributed by atoms with Crippen LogP contribution in [0.3, 0.4) is 0 Å². The third-order valence-electron chi connectivity index (χ3n) is 2.67. The highest BCUT2D eigenvalue weighted by molar-refractivity contribution is 14.1. The summed E-state index contributed by atoms with van der Waals surface area (Å²) in [4.78, 5) is 0. The molecule has 0 aliphatic rings. The molecule has 0 saturated heterocycles. The predicted octanol–water partition coefficient (Wildman–Crippen LogP) is 4.56. The number of halogens is 1. The number of ether oxygens (including phenoxy) is 1. The Labute approximate surface area is 122 Å². The van der Waals surface area contributed by atoms with E-state index in [1.165, 1.54) is 14.7 Å². The molecule has 0 saturated carbocycles. The molecular weight excluding hydrogens is 335 g/mol. The van der Waals surface area contributed by atoms with Crippen LogP contribution in [0.1, 0.15) is 11.1 Å². The van der Waals surface area contributed by atoms with Crippen molar-refractivity contribution >= 4 is 28.7 Å². The van der Waals surface area contributed by atoms with E-state index < -0.39 is 0 Å². The maximum atomic E-state index is 5.13. The van der Waals surface area contributed by atoms with Crippen molar-refractivity contribution in [1.82, 2.24) is 0 Å². The Kier molecular flexibility index (Phi) is 4.81. The average molecular weight is 350 g/mol. The Bertz CT molecular complexity index is 529. The van der Waals surface area contributed by atoms with Crippen LogP contribution in [0.5, 0.6) is 5.75 Å². The molecule has 0 aliphatic carbocycles. The van der Waals surface area contributed by atoms with Crippen molar-refractivity contribution in [3.8, 4) is 5.75 Å². The Hall–Kier alpha value is -1.29. The van der Waals surface area contributed by atoms with Crippen molar-refractivity contribution in [2.75, 3.05) is 7.11 Å². The molecule has 0 aliphatic heterocycles. The summed E-state index contributed by atoms with van der Waals surface area (Å²) in [7, 11) is 1.68. The standard InChI is InChI=1S/C16H15IO/c1-18-16-10-8-13(9-11-16)4-2-5-14-6-3-7-15(17)12-14/h2-4,6-12H,5H2,1H3. The summed E-state index contributed by atoms with van der Waals surface area (Å²) < 4.78 is 6.41. The SMILES string of the molecule is COc1ccc(C=CCc2cccc(I)c2)cc1. The molecule has 0 unspecified atom stereocenters. The molecule has 0 aromatic heterocycles. The van der Waals surface area contributed by atoms with Crippen molar-refractivity contribution in [3.05, 3.63) is 69.3 Å². The zero-order chi connectivity index (χ0) is 12.8. The molecule has 0 fully saturated rings. The number of methoxy groups -OCH3 is 1. The van der Waals surface area contributed by atoms with Crippen molar-refractivity contribution in [1.29, 1.82) is 0 Å². The van der Waals surface area contributed by atoms with Crippen LogP contribution in [0.15, 0.2) is 54.6 Å². The summed E-state index contributed by atoms with van der Waals surface area (Å²) in [5, 5.41) is 0. The maximum Gasteiger partial charge on any atom is 0.118 e. The molecule has 2 aromatic carbocycles. The summed E-state index contributed by atoms with van der Waals surface area (Å²) in [6.45, 7) is 0. The molecule has 0 amide bonds. The average Bonchev–Trinajstić information content (AvgIpc) is 2.40. The van der Waals surface area contributed by atoms with E-state index in [0.29, 0.717) is 0 Å². The summed E-state index contributed by atoms with van der Waals surface area (Å²) >= 11 is 2.34. The van der Waals surface area contributed by atoms with Gasteiger partial charge in [-0.25, -0.2) is 0 Å². The third-order valence-corrected chi connectivity index (χ3v) is 3.34. The lowest BCUT2D eigenvalue weighted by Crippen LogP contribution is -1.83. The van der Waals surface area contributed by atoms with Gasteiger partial charge in [0.25, 0.3) is 0 Å². The van der Waals surface area contributed by atoms with E-state index in [9.17, 15) is 0 Å². The van der Waals surface area contributed by atoms with Gasteiger partial charge in [0, 0.05) is 3.57 Å². The molecule has 18 heavy (non-hydrogen) atoms. The fourth-order valence-corrected chi connectivity index (χ4v) is 2.32. The predicted molar refractivity (Wildman–Crippen MR) is 84.9 cm³/mol. The van der Waals surface area contributed by atoms with Gasteiger partial charge < -0.3 is 4.74 Å². The molecule has 0 atom stereocenters. The largest absolute Gasteiger partial charge is 0.497 e. The molecule has 0 bridgehead atoms. The fraction of sp³-hybridized carbons (Fsp3) is 0.125. The van der Waals surface area contributed by atoms with Crippen LogP contribution in [0.25, 0.3) is 6.08 Å². The second-order valence-electron chi connectivity index (χ2n) is 4.01. The smallest absolute Gasteiger partial charge is 0.118 e. The molecule has 0 N–H and O–H groups in total. The van der Waals surface area contributed by atoms with Gasteiger partial charge in [-0.05, 0) is 64.4 Å². The topological polar surface area (TPSA) is 9.23 Å². The quantitative estimate of drug-likeness (QED) is 0.735. The highest BCUT2D eigenvalue weighted by atomic mass is 127. The van der Waals surface area contributed by atoms with Crippen molar-refractivity contribution < 1.29 is 4.74 Å². The van der Waals surface area contributed by atoms with E-state index in [1.807, 2.05) is 12.1 Å². The summed E-state index contributed by atoms with van der Waals surface area (Å²) in [6.07, 6.45) is 5.29. The number of hydrogen-bond donors (Lipinski definition) is 0. The van der Waals surface area contributed by atoms with Gasteiger partial charge >= 0.3 is 0 Å². The normalized spacial score (nSPS) is 10.8. The van der Waals surface area contributed by atoms with Gasteiger partial charge in [0.1, 0.15) is 5.75 Å². The summed E-state index contributed by atoms with van der Waals surface area (Å²) in [5.41, 5.74) is 2.54. The summed E-state index contributed by atoms with van der Waals surface area (Å²) in [5.74, 6) is 0.893. The Morgan fingerprint density at radius 1 is 1.11 bits per heavy atom. The van der Waals surface area contributed by atoms with Crippen molar-refractivity contribution in [3.63, 3.8) is 0 Å². The third kappa shape index (κ3) is 3.88. The molecule has 1 nitrogen and oxygen atoms in total. The van der Waals surface area contributed by atoms with E-state index in [0.717, 1.165) is 12.2 Å². The number of hydrogen-bond acceptors (Lipinski definition) is 1. The number of rotatable bonds is 4. The van der Waals surface area contributed by atoms with E-state index in [2.05, 4.69) is 71.1 Å². The fourth-order valence-electron chi connectivity index (χ4n) is 1.71. The number of benzene rings is 2. The number of allylic oxidation sites excluding steroid dienone is 1. The van der Waals surface area contributed by atoms with Gasteiger partial charge in [0.05, 0.1) is 7.11 Å². The zero-order valence-electron chi connectivity index (χ0n) is 10.3. The van der Waals surface area contributed by atoms with Crippen LogP contribution in [0.4, 0.5) is 0 Å². The molecule has 0 heterocycles. The minimum atomic E-state index is 0.893. The molecule has 2 aromatic rings. The lowest BCUT2D eigenvalue weighted by atomic mass is 10.1. The molecule has 92 valence electrons. The minimum absolute atomic E-state index is 0.893. The van der Waals surface area contributed by atoms with Crippen LogP contribution >= 0.6 is 22.6 Å². The molecule has 0 spiro atoms. The van der Waals surface area contributed by atoms with Gasteiger partial charge in [0.15, 0.2) is 0 Å². The van der Waals surface area contributed by atoms with E-state index in [4.69, 9.17) is 4.74 Å². The Morgan fingerprint density at radius 2 is 1.89 bits per heavy atom. The van der Waals surface area contributed by atoms with E-state index in [1.54, 1.807) is 7.11 Å². The van der Waals surface area contributed by atoms with Crippen LogP contribution in [0, 0.1) is 3.57 Å². The van der Waals surface area contributed by atoms with E-state index >= 15 is 0 Å². The first-order chi connectivity index (χ1) is 8.78. The first-order valence-electron chi connectivity index (χ1n) is 5.83. The monoisotopic (exact) mass is 350 g/mol.